The number of para-hydroxylation sites is 1. The average Bonchev–Trinajstić information content (AvgIpc) is 2.54. The van der Waals surface area contributed by atoms with Gasteiger partial charge in [0, 0.05) is 23.5 Å². The fourth-order valence-corrected chi connectivity index (χ4v) is 2.10. The molecule has 0 aliphatic carbocycles. The monoisotopic (exact) mass is 313 g/mol. The molecular weight excluding hydrogens is 294 g/mol. The molecule has 0 saturated heterocycles. The number of carbonyl (C=O) groups excluding carboxylic acids is 1. The van der Waals surface area contributed by atoms with E-state index in [2.05, 4.69) is 16.0 Å². The Bertz CT molecular complexity index is 626. The van der Waals surface area contributed by atoms with Crippen molar-refractivity contribution in [1.29, 1.82) is 0 Å². The van der Waals surface area contributed by atoms with E-state index in [1.807, 2.05) is 49.4 Å². The minimum absolute atomic E-state index is 0.0570. The largest absolute Gasteiger partial charge is 0.352 e. The van der Waals surface area contributed by atoms with E-state index in [-0.39, 0.29) is 5.91 Å². The van der Waals surface area contributed by atoms with Gasteiger partial charge in [0.05, 0.1) is 0 Å². The maximum absolute atomic E-state index is 11.8. The Kier molecular flexibility index (Phi) is 5.91. The molecule has 5 heteroatoms. The molecule has 2 aromatic carbocycles. The Morgan fingerprint density at radius 3 is 2.14 bits per heavy atom. The fourth-order valence-electron chi connectivity index (χ4n) is 1.86. The molecule has 22 heavy (non-hydrogen) atoms. The first kappa shape index (κ1) is 16.0. The van der Waals surface area contributed by atoms with E-state index >= 15 is 0 Å². The minimum Gasteiger partial charge on any atom is -0.352 e. The zero-order valence-electron chi connectivity index (χ0n) is 12.4. The summed E-state index contributed by atoms with van der Waals surface area (Å²) in [6.07, 6.45) is 0.921. The first-order chi connectivity index (χ1) is 10.7. The van der Waals surface area contributed by atoms with Gasteiger partial charge in [-0.15, -0.1) is 0 Å². The molecule has 2 rings (SSSR count). The summed E-state index contributed by atoms with van der Waals surface area (Å²) < 4.78 is 0. The van der Waals surface area contributed by atoms with Crippen molar-refractivity contribution in [3.05, 3.63) is 60.2 Å². The number of nitrogens with one attached hydrogen (secondary N) is 3. The van der Waals surface area contributed by atoms with Gasteiger partial charge >= 0.3 is 0 Å². The van der Waals surface area contributed by atoms with Crippen molar-refractivity contribution in [3.63, 3.8) is 0 Å². The van der Waals surface area contributed by atoms with Crippen molar-refractivity contribution in [1.82, 2.24) is 5.32 Å². The molecule has 0 aromatic heterocycles. The third-order valence-electron chi connectivity index (χ3n) is 2.97. The van der Waals surface area contributed by atoms with E-state index in [0.29, 0.717) is 17.2 Å². The normalized spacial score (nSPS) is 9.86. The molecule has 0 radical (unpaired) electrons. The third-order valence-corrected chi connectivity index (χ3v) is 3.18. The maximum atomic E-state index is 11.8. The fraction of sp³-hybridized carbons (Fsp3) is 0.176. The van der Waals surface area contributed by atoms with Crippen molar-refractivity contribution in [3.8, 4) is 0 Å². The summed E-state index contributed by atoms with van der Waals surface area (Å²) in [5.41, 5.74) is 2.40. The number of thiocarbonyl (C=S) groups is 1. The molecular formula is C17H19N3OS. The summed E-state index contributed by atoms with van der Waals surface area (Å²) in [6.45, 7) is 2.71. The molecule has 0 heterocycles. The highest BCUT2D eigenvalue weighted by Gasteiger charge is 2.04. The van der Waals surface area contributed by atoms with Crippen molar-refractivity contribution in [2.24, 2.45) is 0 Å². The van der Waals surface area contributed by atoms with E-state index in [4.69, 9.17) is 12.2 Å². The number of benzene rings is 2. The van der Waals surface area contributed by atoms with Crippen LogP contribution in [0.3, 0.4) is 0 Å². The molecule has 0 spiro atoms. The Labute approximate surface area is 135 Å². The smallest absolute Gasteiger partial charge is 0.251 e. The van der Waals surface area contributed by atoms with Gasteiger partial charge < -0.3 is 16.0 Å². The van der Waals surface area contributed by atoms with E-state index in [0.717, 1.165) is 17.8 Å². The van der Waals surface area contributed by atoms with E-state index in [9.17, 15) is 4.79 Å². The zero-order valence-corrected chi connectivity index (χ0v) is 13.2. The van der Waals surface area contributed by atoms with Gasteiger partial charge in [-0.25, -0.2) is 0 Å². The predicted octanol–water partition coefficient (Wildman–Crippen LogP) is 3.64. The Hall–Kier alpha value is -2.40. The minimum atomic E-state index is -0.0570. The molecule has 0 aliphatic heterocycles. The molecule has 0 bridgehead atoms. The first-order valence-corrected chi connectivity index (χ1v) is 7.61. The lowest BCUT2D eigenvalue weighted by atomic mass is 10.2. The van der Waals surface area contributed by atoms with Crippen molar-refractivity contribution in [2.45, 2.75) is 13.3 Å². The molecule has 4 nitrogen and oxygen atoms in total. The predicted molar refractivity (Wildman–Crippen MR) is 95.4 cm³/mol. The van der Waals surface area contributed by atoms with Crippen LogP contribution in [0.1, 0.15) is 23.7 Å². The number of carbonyl (C=O) groups is 1. The third kappa shape index (κ3) is 4.86. The molecule has 0 aliphatic rings. The van der Waals surface area contributed by atoms with Crippen LogP contribution in [0, 0.1) is 0 Å². The van der Waals surface area contributed by atoms with Crippen LogP contribution >= 0.6 is 12.2 Å². The highest BCUT2D eigenvalue weighted by atomic mass is 32.1. The van der Waals surface area contributed by atoms with Crippen molar-refractivity contribution < 1.29 is 4.79 Å². The van der Waals surface area contributed by atoms with Gasteiger partial charge in [0.1, 0.15) is 0 Å². The number of hydrogen-bond donors (Lipinski definition) is 3. The molecule has 2 aromatic rings. The van der Waals surface area contributed by atoms with E-state index < -0.39 is 0 Å². The second kappa shape index (κ2) is 8.14. The Morgan fingerprint density at radius 1 is 0.955 bits per heavy atom. The zero-order chi connectivity index (χ0) is 15.8. The second-order valence-electron chi connectivity index (χ2n) is 4.78. The Morgan fingerprint density at radius 2 is 1.55 bits per heavy atom. The summed E-state index contributed by atoms with van der Waals surface area (Å²) >= 11 is 5.26. The quantitative estimate of drug-likeness (QED) is 0.738. The summed E-state index contributed by atoms with van der Waals surface area (Å²) in [7, 11) is 0. The second-order valence-corrected chi connectivity index (χ2v) is 5.19. The molecule has 3 N–H and O–H groups in total. The van der Waals surface area contributed by atoms with Gasteiger partial charge in [-0.2, -0.15) is 0 Å². The van der Waals surface area contributed by atoms with Crippen LogP contribution in [0.5, 0.6) is 0 Å². The van der Waals surface area contributed by atoms with Crippen LogP contribution in [0.2, 0.25) is 0 Å². The maximum Gasteiger partial charge on any atom is 0.251 e. The number of rotatable bonds is 5. The lowest BCUT2D eigenvalue weighted by Crippen LogP contribution is -2.24. The summed E-state index contributed by atoms with van der Waals surface area (Å²) in [4.78, 5) is 11.8. The average molecular weight is 313 g/mol. The first-order valence-electron chi connectivity index (χ1n) is 7.20. The van der Waals surface area contributed by atoms with Crippen LogP contribution in [0.25, 0.3) is 0 Å². The number of amides is 1. The summed E-state index contributed by atoms with van der Waals surface area (Å²) in [6, 6.07) is 16.9. The Balaban J connectivity index is 1.90. The SMILES string of the molecule is CCCNC(=O)c1ccc(NC(=S)Nc2ccccc2)cc1. The summed E-state index contributed by atoms with van der Waals surface area (Å²) in [5.74, 6) is -0.0570. The van der Waals surface area contributed by atoms with Gasteiger partial charge in [0.25, 0.3) is 5.91 Å². The standard InChI is InChI=1S/C17H19N3OS/c1-2-12-18-16(21)13-8-10-15(11-9-13)20-17(22)19-14-6-4-3-5-7-14/h3-11H,2,12H2,1H3,(H,18,21)(H2,19,20,22). The number of anilines is 2. The highest BCUT2D eigenvalue weighted by molar-refractivity contribution is 7.80. The lowest BCUT2D eigenvalue weighted by molar-refractivity contribution is 0.0953. The van der Waals surface area contributed by atoms with E-state index in [1.165, 1.54) is 0 Å². The number of hydrogen-bond acceptors (Lipinski definition) is 2. The van der Waals surface area contributed by atoms with E-state index in [1.54, 1.807) is 12.1 Å². The van der Waals surface area contributed by atoms with Crippen LogP contribution in [-0.4, -0.2) is 17.6 Å². The molecule has 1 amide bonds. The van der Waals surface area contributed by atoms with Crippen LogP contribution in [0.4, 0.5) is 11.4 Å². The van der Waals surface area contributed by atoms with Crippen LogP contribution < -0.4 is 16.0 Å². The summed E-state index contributed by atoms with van der Waals surface area (Å²) in [5, 5.41) is 9.54. The highest BCUT2D eigenvalue weighted by Crippen LogP contribution is 2.11. The van der Waals surface area contributed by atoms with Crippen molar-refractivity contribution >= 4 is 34.6 Å². The molecule has 0 unspecified atom stereocenters. The van der Waals surface area contributed by atoms with Gasteiger partial charge in [0.15, 0.2) is 5.11 Å². The van der Waals surface area contributed by atoms with Crippen molar-refractivity contribution in [2.75, 3.05) is 17.2 Å². The van der Waals surface area contributed by atoms with Crippen LogP contribution in [0.15, 0.2) is 54.6 Å². The van der Waals surface area contributed by atoms with Gasteiger partial charge in [-0.3, -0.25) is 4.79 Å². The molecule has 0 atom stereocenters. The molecule has 0 fully saturated rings. The molecule has 114 valence electrons. The topological polar surface area (TPSA) is 53.2 Å². The molecule has 0 saturated carbocycles. The lowest BCUT2D eigenvalue weighted by Gasteiger charge is -2.11. The van der Waals surface area contributed by atoms with Gasteiger partial charge in [0.2, 0.25) is 0 Å². The van der Waals surface area contributed by atoms with Gasteiger partial charge in [-0.05, 0) is 55.0 Å². The van der Waals surface area contributed by atoms with Gasteiger partial charge in [-0.1, -0.05) is 25.1 Å². The van der Waals surface area contributed by atoms with Crippen LogP contribution in [-0.2, 0) is 0 Å².